The van der Waals surface area contributed by atoms with Gasteiger partial charge in [-0.05, 0) is 38.6 Å². The van der Waals surface area contributed by atoms with Gasteiger partial charge in [0.15, 0.2) is 0 Å². The van der Waals surface area contributed by atoms with Gasteiger partial charge in [-0.3, -0.25) is 0 Å². The van der Waals surface area contributed by atoms with Crippen molar-refractivity contribution in [3.05, 3.63) is 15.6 Å². The first kappa shape index (κ1) is 15.0. The standard InChI is InChI=1S/C16H28N2S/c1-3-5-6-7-9-14(17-12-4-2)16-18-13-10-8-11-15(13)19-16/h14,17H,3-12H2,1-2H3. The molecule has 1 unspecified atom stereocenters. The van der Waals surface area contributed by atoms with Crippen molar-refractivity contribution in [3.8, 4) is 0 Å². The molecule has 0 fully saturated rings. The summed E-state index contributed by atoms with van der Waals surface area (Å²) in [6, 6.07) is 0.507. The summed E-state index contributed by atoms with van der Waals surface area (Å²) in [7, 11) is 0. The summed E-state index contributed by atoms with van der Waals surface area (Å²) in [5.41, 5.74) is 1.40. The SMILES string of the molecule is CCCCCCC(NCCC)c1nc2c(s1)CCC2. The number of unbranched alkanes of at least 4 members (excludes halogenated alkanes) is 3. The molecule has 0 bridgehead atoms. The monoisotopic (exact) mass is 280 g/mol. The van der Waals surface area contributed by atoms with Gasteiger partial charge in [-0.15, -0.1) is 11.3 Å². The summed E-state index contributed by atoms with van der Waals surface area (Å²) in [4.78, 5) is 6.46. The molecule has 2 rings (SSSR count). The number of thiazole rings is 1. The van der Waals surface area contributed by atoms with E-state index in [2.05, 4.69) is 19.2 Å². The molecule has 0 radical (unpaired) electrons. The van der Waals surface area contributed by atoms with Crippen molar-refractivity contribution in [2.24, 2.45) is 0 Å². The lowest BCUT2D eigenvalue weighted by atomic mass is 10.1. The van der Waals surface area contributed by atoms with Crippen LogP contribution in [0.3, 0.4) is 0 Å². The Balaban J connectivity index is 1.91. The van der Waals surface area contributed by atoms with E-state index in [0.29, 0.717) is 6.04 Å². The van der Waals surface area contributed by atoms with E-state index in [-0.39, 0.29) is 0 Å². The van der Waals surface area contributed by atoms with Gasteiger partial charge in [0.2, 0.25) is 0 Å². The number of hydrogen-bond donors (Lipinski definition) is 1. The molecule has 1 N–H and O–H groups in total. The molecule has 0 aromatic carbocycles. The van der Waals surface area contributed by atoms with Crippen LogP contribution in [0.2, 0.25) is 0 Å². The fourth-order valence-corrected chi connectivity index (χ4v) is 4.03. The Bertz CT molecular complexity index is 351. The summed E-state index contributed by atoms with van der Waals surface area (Å²) >= 11 is 1.97. The van der Waals surface area contributed by atoms with Gasteiger partial charge in [0.1, 0.15) is 5.01 Å². The van der Waals surface area contributed by atoms with Crippen molar-refractivity contribution >= 4 is 11.3 Å². The minimum Gasteiger partial charge on any atom is -0.308 e. The summed E-state index contributed by atoms with van der Waals surface area (Å²) in [6.45, 7) is 5.63. The summed E-state index contributed by atoms with van der Waals surface area (Å²) in [6.07, 6.45) is 11.6. The predicted octanol–water partition coefficient (Wildman–Crippen LogP) is 4.64. The summed E-state index contributed by atoms with van der Waals surface area (Å²) < 4.78 is 0. The summed E-state index contributed by atoms with van der Waals surface area (Å²) in [5, 5.41) is 5.06. The van der Waals surface area contributed by atoms with E-state index >= 15 is 0 Å². The highest BCUT2D eigenvalue weighted by Crippen LogP contribution is 2.32. The molecule has 108 valence electrons. The van der Waals surface area contributed by atoms with Crippen molar-refractivity contribution in [3.63, 3.8) is 0 Å². The molecule has 1 atom stereocenters. The Labute approximate surface area is 122 Å². The third kappa shape index (κ3) is 4.28. The van der Waals surface area contributed by atoms with Gasteiger partial charge in [0, 0.05) is 4.88 Å². The molecule has 0 saturated heterocycles. The molecule has 1 aliphatic rings. The van der Waals surface area contributed by atoms with Crippen molar-refractivity contribution in [1.29, 1.82) is 0 Å². The van der Waals surface area contributed by atoms with Gasteiger partial charge >= 0.3 is 0 Å². The van der Waals surface area contributed by atoms with E-state index in [9.17, 15) is 0 Å². The lowest BCUT2D eigenvalue weighted by Crippen LogP contribution is -2.22. The van der Waals surface area contributed by atoms with Crippen LogP contribution in [0.15, 0.2) is 0 Å². The zero-order chi connectivity index (χ0) is 13.5. The Kier molecular flexibility index (Phi) is 6.32. The highest BCUT2D eigenvalue weighted by Gasteiger charge is 2.21. The largest absolute Gasteiger partial charge is 0.308 e. The second-order valence-corrected chi connectivity index (χ2v) is 6.75. The van der Waals surface area contributed by atoms with Gasteiger partial charge in [-0.2, -0.15) is 0 Å². The van der Waals surface area contributed by atoms with E-state index in [1.807, 2.05) is 11.3 Å². The number of aryl methyl sites for hydroxylation is 2. The van der Waals surface area contributed by atoms with E-state index in [0.717, 1.165) is 6.54 Å². The van der Waals surface area contributed by atoms with Crippen LogP contribution >= 0.6 is 11.3 Å². The van der Waals surface area contributed by atoms with E-state index in [1.54, 1.807) is 4.88 Å². The number of nitrogens with zero attached hydrogens (tertiary/aromatic N) is 1. The normalized spacial score (nSPS) is 15.7. The van der Waals surface area contributed by atoms with E-state index in [4.69, 9.17) is 4.98 Å². The smallest absolute Gasteiger partial charge is 0.110 e. The van der Waals surface area contributed by atoms with Gasteiger partial charge < -0.3 is 5.32 Å². The third-order valence-electron chi connectivity index (χ3n) is 3.90. The lowest BCUT2D eigenvalue weighted by Gasteiger charge is -2.16. The molecule has 0 amide bonds. The fraction of sp³-hybridized carbons (Fsp3) is 0.812. The highest BCUT2D eigenvalue weighted by molar-refractivity contribution is 7.11. The first-order chi connectivity index (χ1) is 9.35. The van der Waals surface area contributed by atoms with E-state index in [1.165, 1.54) is 68.5 Å². The Morgan fingerprint density at radius 1 is 1.16 bits per heavy atom. The first-order valence-electron chi connectivity index (χ1n) is 8.07. The maximum atomic E-state index is 4.90. The number of fused-ring (bicyclic) bond motifs is 1. The molecule has 19 heavy (non-hydrogen) atoms. The van der Waals surface area contributed by atoms with Crippen LogP contribution in [0.25, 0.3) is 0 Å². The van der Waals surface area contributed by atoms with Crippen molar-refractivity contribution < 1.29 is 0 Å². The zero-order valence-electron chi connectivity index (χ0n) is 12.5. The quantitative estimate of drug-likeness (QED) is 0.666. The molecule has 2 nitrogen and oxygen atoms in total. The molecular weight excluding hydrogens is 252 g/mol. The second kappa shape index (κ2) is 8.01. The van der Waals surface area contributed by atoms with Gasteiger partial charge in [-0.1, -0.05) is 39.5 Å². The Morgan fingerprint density at radius 2 is 2.05 bits per heavy atom. The molecule has 0 saturated carbocycles. The third-order valence-corrected chi connectivity index (χ3v) is 5.17. The first-order valence-corrected chi connectivity index (χ1v) is 8.88. The zero-order valence-corrected chi connectivity index (χ0v) is 13.3. The topological polar surface area (TPSA) is 24.9 Å². The second-order valence-electron chi connectivity index (χ2n) is 5.63. The van der Waals surface area contributed by atoms with Crippen LogP contribution in [0.5, 0.6) is 0 Å². The molecule has 1 aromatic heterocycles. The van der Waals surface area contributed by atoms with Crippen LogP contribution in [0.4, 0.5) is 0 Å². The number of rotatable bonds is 9. The Morgan fingerprint density at radius 3 is 2.79 bits per heavy atom. The minimum atomic E-state index is 0.507. The van der Waals surface area contributed by atoms with Crippen LogP contribution in [-0.4, -0.2) is 11.5 Å². The fourth-order valence-electron chi connectivity index (χ4n) is 2.77. The molecule has 1 aliphatic carbocycles. The molecule has 0 aliphatic heterocycles. The van der Waals surface area contributed by atoms with Crippen LogP contribution in [-0.2, 0) is 12.8 Å². The number of hydrogen-bond acceptors (Lipinski definition) is 3. The van der Waals surface area contributed by atoms with Crippen LogP contribution in [0, 0.1) is 0 Å². The van der Waals surface area contributed by atoms with Crippen molar-refractivity contribution in [2.75, 3.05) is 6.54 Å². The maximum Gasteiger partial charge on any atom is 0.110 e. The van der Waals surface area contributed by atoms with E-state index < -0.39 is 0 Å². The van der Waals surface area contributed by atoms with Gasteiger partial charge in [0.25, 0.3) is 0 Å². The van der Waals surface area contributed by atoms with Crippen LogP contribution < -0.4 is 5.32 Å². The average molecular weight is 280 g/mol. The van der Waals surface area contributed by atoms with Crippen molar-refractivity contribution in [2.45, 2.75) is 77.7 Å². The number of nitrogens with one attached hydrogen (secondary N) is 1. The molecule has 1 heterocycles. The molecule has 0 spiro atoms. The maximum absolute atomic E-state index is 4.90. The lowest BCUT2D eigenvalue weighted by molar-refractivity contribution is 0.468. The van der Waals surface area contributed by atoms with Gasteiger partial charge in [0.05, 0.1) is 11.7 Å². The highest BCUT2D eigenvalue weighted by atomic mass is 32.1. The van der Waals surface area contributed by atoms with Crippen LogP contribution in [0.1, 0.15) is 80.4 Å². The van der Waals surface area contributed by atoms with Crippen molar-refractivity contribution in [1.82, 2.24) is 10.3 Å². The predicted molar refractivity (Wildman–Crippen MR) is 83.9 cm³/mol. The minimum absolute atomic E-state index is 0.507. The molecule has 3 heteroatoms. The average Bonchev–Trinajstić information content (AvgIpc) is 2.99. The Hall–Kier alpha value is -0.410. The summed E-state index contributed by atoms with van der Waals surface area (Å²) in [5.74, 6) is 0. The number of aromatic nitrogens is 1. The van der Waals surface area contributed by atoms with Gasteiger partial charge in [-0.25, -0.2) is 4.98 Å². The molecule has 1 aromatic rings. The molecular formula is C16H28N2S.